The minimum Gasteiger partial charge on any atom is -0.488 e. The summed E-state index contributed by atoms with van der Waals surface area (Å²) in [6.07, 6.45) is 1.49. The van der Waals surface area contributed by atoms with Crippen molar-refractivity contribution in [3.05, 3.63) is 53.8 Å². The zero-order valence-corrected chi connectivity index (χ0v) is 14.3. The van der Waals surface area contributed by atoms with Gasteiger partial charge in [0.15, 0.2) is 9.84 Å². The topological polar surface area (TPSA) is 84.5 Å². The van der Waals surface area contributed by atoms with E-state index >= 15 is 0 Å². The van der Waals surface area contributed by atoms with E-state index in [4.69, 9.17) is 4.74 Å². The summed E-state index contributed by atoms with van der Waals surface area (Å²) in [4.78, 5) is 11.9. The van der Waals surface area contributed by atoms with Gasteiger partial charge in [-0.1, -0.05) is 18.2 Å². The van der Waals surface area contributed by atoms with Gasteiger partial charge in [-0.25, -0.2) is 17.6 Å². The van der Waals surface area contributed by atoms with Crippen molar-refractivity contribution in [3.63, 3.8) is 0 Å². The Morgan fingerprint density at radius 1 is 1.28 bits per heavy atom. The number of hydrogen-bond acceptors (Lipinski definition) is 4. The van der Waals surface area contributed by atoms with E-state index < -0.39 is 21.7 Å². The first kappa shape index (κ1) is 17.2. The van der Waals surface area contributed by atoms with Gasteiger partial charge in [-0.05, 0) is 29.8 Å². The zero-order valence-electron chi connectivity index (χ0n) is 13.5. The first-order chi connectivity index (χ1) is 11.8. The van der Waals surface area contributed by atoms with Crippen molar-refractivity contribution in [2.24, 2.45) is 0 Å². The van der Waals surface area contributed by atoms with Crippen molar-refractivity contribution in [1.29, 1.82) is 0 Å². The van der Waals surface area contributed by atoms with Crippen LogP contribution in [0.5, 0.6) is 5.75 Å². The lowest BCUT2D eigenvalue weighted by Gasteiger charge is -2.13. The second-order valence-electron chi connectivity index (χ2n) is 5.80. The highest BCUT2D eigenvalue weighted by molar-refractivity contribution is 7.90. The number of carbonyl (C=O) groups excluding carboxylic acids is 1. The molecule has 2 amide bonds. The van der Waals surface area contributed by atoms with Gasteiger partial charge in [0.05, 0.1) is 17.1 Å². The highest BCUT2D eigenvalue weighted by Crippen LogP contribution is 2.27. The maximum Gasteiger partial charge on any atom is 0.319 e. The Morgan fingerprint density at radius 2 is 2.04 bits per heavy atom. The Kier molecular flexibility index (Phi) is 4.63. The maximum atomic E-state index is 13.8. The van der Waals surface area contributed by atoms with Gasteiger partial charge in [-0.2, -0.15) is 0 Å². The Hall–Kier alpha value is -2.61. The van der Waals surface area contributed by atoms with Crippen LogP contribution in [0.4, 0.5) is 14.9 Å². The van der Waals surface area contributed by atoms with Crippen molar-refractivity contribution in [2.45, 2.75) is 17.4 Å². The fourth-order valence-corrected chi connectivity index (χ4v) is 3.22. The lowest BCUT2D eigenvalue weighted by atomic mass is 10.1. The van der Waals surface area contributed by atoms with Crippen molar-refractivity contribution in [2.75, 3.05) is 18.1 Å². The number of rotatable bonds is 4. The molecule has 6 nitrogen and oxygen atoms in total. The molecule has 1 atom stereocenters. The fourth-order valence-electron chi connectivity index (χ4n) is 2.57. The van der Waals surface area contributed by atoms with Crippen LogP contribution in [0, 0.1) is 5.82 Å². The summed E-state index contributed by atoms with van der Waals surface area (Å²) in [7, 11) is -3.49. The average molecular weight is 364 g/mol. The lowest BCUT2D eigenvalue weighted by molar-refractivity contribution is 0.219. The number of fused-ring (bicyclic) bond motifs is 1. The Bertz CT molecular complexity index is 890. The first-order valence-electron chi connectivity index (χ1n) is 7.62. The van der Waals surface area contributed by atoms with Crippen LogP contribution in [0.25, 0.3) is 0 Å². The molecular weight excluding hydrogens is 347 g/mol. The van der Waals surface area contributed by atoms with E-state index in [2.05, 4.69) is 10.6 Å². The highest BCUT2D eigenvalue weighted by atomic mass is 32.2. The van der Waals surface area contributed by atoms with E-state index in [-0.39, 0.29) is 23.2 Å². The molecule has 3 rings (SSSR count). The number of nitrogens with one attached hydrogen (secondary N) is 2. The SMILES string of the molecule is CS(=O)(=O)c1ccc(F)c(NC(=O)NCC2Cc3ccccc3O2)c1. The molecule has 1 aliphatic rings. The van der Waals surface area contributed by atoms with Crippen LogP contribution in [0.3, 0.4) is 0 Å². The summed E-state index contributed by atoms with van der Waals surface area (Å²) in [5, 5.41) is 4.92. The van der Waals surface area contributed by atoms with Crippen LogP contribution in [-0.2, 0) is 16.3 Å². The third-order valence-electron chi connectivity index (χ3n) is 3.82. The Labute approximate surface area is 144 Å². The first-order valence-corrected chi connectivity index (χ1v) is 9.51. The minimum atomic E-state index is -3.49. The van der Waals surface area contributed by atoms with Gasteiger partial charge in [0.25, 0.3) is 0 Å². The van der Waals surface area contributed by atoms with E-state index in [1.165, 1.54) is 0 Å². The van der Waals surface area contributed by atoms with Crippen LogP contribution >= 0.6 is 0 Å². The van der Waals surface area contributed by atoms with E-state index in [0.29, 0.717) is 6.42 Å². The number of urea groups is 1. The molecule has 132 valence electrons. The summed E-state index contributed by atoms with van der Waals surface area (Å²) in [5.74, 6) is 0.0775. The molecular formula is C17H17FN2O4S. The molecule has 0 bridgehead atoms. The third kappa shape index (κ3) is 4.08. The fraction of sp³-hybridized carbons (Fsp3) is 0.235. The number of halogens is 1. The maximum absolute atomic E-state index is 13.8. The van der Waals surface area contributed by atoms with E-state index in [1.807, 2.05) is 24.3 Å². The number of hydrogen-bond donors (Lipinski definition) is 2. The van der Waals surface area contributed by atoms with Crippen molar-refractivity contribution in [3.8, 4) is 5.75 Å². The van der Waals surface area contributed by atoms with Gasteiger partial charge in [-0.3, -0.25) is 0 Å². The van der Waals surface area contributed by atoms with E-state index in [0.717, 1.165) is 35.8 Å². The van der Waals surface area contributed by atoms with Gasteiger partial charge < -0.3 is 15.4 Å². The quantitative estimate of drug-likeness (QED) is 0.816. The number of anilines is 1. The number of carbonyl (C=O) groups is 1. The van der Waals surface area contributed by atoms with Crippen LogP contribution in [0.1, 0.15) is 5.56 Å². The van der Waals surface area contributed by atoms with Gasteiger partial charge in [-0.15, -0.1) is 0 Å². The number of benzene rings is 2. The second-order valence-corrected chi connectivity index (χ2v) is 7.82. The van der Waals surface area contributed by atoms with Crippen molar-refractivity contribution in [1.82, 2.24) is 5.32 Å². The molecule has 2 aromatic rings. The second kappa shape index (κ2) is 6.72. The summed E-state index contributed by atoms with van der Waals surface area (Å²) in [6.45, 7) is 0.244. The normalized spacial score (nSPS) is 16.0. The molecule has 0 aliphatic carbocycles. The van der Waals surface area contributed by atoms with Crippen LogP contribution in [-0.4, -0.2) is 33.4 Å². The molecule has 0 fully saturated rings. The number of ether oxygens (including phenoxy) is 1. The van der Waals surface area contributed by atoms with Crippen molar-refractivity contribution < 1.29 is 22.3 Å². The zero-order chi connectivity index (χ0) is 18.0. The molecule has 8 heteroatoms. The smallest absolute Gasteiger partial charge is 0.319 e. The number of sulfone groups is 1. The summed E-state index contributed by atoms with van der Waals surface area (Å²) in [6, 6.07) is 10.2. The van der Waals surface area contributed by atoms with E-state index in [1.54, 1.807) is 0 Å². The number of amides is 2. The molecule has 0 saturated carbocycles. The third-order valence-corrected chi connectivity index (χ3v) is 4.93. The molecule has 0 spiro atoms. The molecule has 1 unspecified atom stereocenters. The molecule has 25 heavy (non-hydrogen) atoms. The lowest BCUT2D eigenvalue weighted by Crippen LogP contribution is -2.37. The van der Waals surface area contributed by atoms with Crippen LogP contribution < -0.4 is 15.4 Å². The average Bonchev–Trinajstić information content (AvgIpc) is 2.97. The molecule has 2 aromatic carbocycles. The van der Waals surface area contributed by atoms with Crippen LogP contribution in [0.15, 0.2) is 47.4 Å². The molecule has 2 N–H and O–H groups in total. The van der Waals surface area contributed by atoms with E-state index in [9.17, 15) is 17.6 Å². The molecule has 1 heterocycles. The van der Waals surface area contributed by atoms with Gasteiger partial charge >= 0.3 is 6.03 Å². The van der Waals surface area contributed by atoms with Gasteiger partial charge in [0.2, 0.25) is 0 Å². The minimum absolute atomic E-state index is 0.0706. The molecule has 1 aliphatic heterocycles. The molecule has 0 aromatic heterocycles. The van der Waals surface area contributed by atoms with Gasteiger partial charge in [0, 0.05) is 12.7 Å². The monoisotopic (exact) mass is 364 g/mol. The Morgan fingerprint density at radius 3 is 2.76 bits per heavy atom. The summed E-state index contributed by atoms with van der Waals surface area (Å²) >= 11 is 0. The summed E-state index contributed by atoms with van der Waals surface area (Å²) < 4.78 is 42.5. The van der Waals surface area contributed by atoms with Gasteiger partial charge in [0.1, 0.15) is 17.7 Å². The highest BCUT2D eigenvalue weighted by Gasteiger charge is 2.22. The predicted molar refractivity (Wildman–Crippen MR) is 91.1 cm³/mol. The van der Waals surface area contributed by atoms with Crippen LogP contribution in [0.2, 0.25) is 0 Å². The standard InChI is InChI=1S/C17H17FN2O4S/c1-25(22,23)13-6-7-14(18)15(9-13)20-17(21)19-10-12-8-11-4-2-3-5-16(11)24-12/h2-7,9,12H,8,10H2,1H3,(H2,19,20,21). The summed E-state index contributed by atoms with van der Waals surface area (Å²) in [5.41, 5.74) is 0.873. The molecule has 0 radical (unpaired) electrons. The Balaban J connectivity index is 1.59. The largest absolute Gasteiger partial charge is 0.488 e. The number of para-hydroxylation sites is 1. The molecule has 0 saturated heterocycles. The predicted octanol–water partition coefficient (Wildman–Crippen LogP) is 2.35. The van der Waals surface area contributed by atoms with Crippen molar-refractivity contribution >= 4 is 21.6 Å².